The topological polar surface area (TPSA) is 27.7 Å². The standard InChI is InChI=1S/C5H8O3/c1-4(2)5-3-6-8-7-5/h5H,1,3H2,2H3/t5-/m0/s1. The van der Waals surface area contributed by atoms with E-state index in [4.69, 9.17) is 0 Å². The van der Waals surface area contributed by atoms with Crippen LogP contribution in [0, 0.1) is 0 Å². The van der Waals surface area contributed by atoms with Gasteiger partial charge in [-0.1, -0.05) is 11.6 Å². The van der Waals surface area contributed by atoms with Gasteiger partial charge in [-0.3, -0.25) is 0 Å². The maximum Gasteiger partial charge on any atom is 0.143 e. The fraction of sp³-hybridized carbons (Fsp3) is 0.600. The normalized spacial score (nSPS) is 28.4. The fourth-order valence-electron chi connectivity index (χ4n) is 0.417. The van der Waals surface area contributed by atoms with Crippen molar-refractivity contribution in [3.8, 4) is 0 Å². The first-order valence-electron chi connectivity index (χ1n) is 2.41. The second kappa shape index (κ2) is 2.26. The number of hydrogen-bond donors (Lipinski definition) is 0. The van der Waals surface area contributed by atoms with Crippen LogP contribution in [0.5, 0.6) is 0 Å². The molecule has 3 nitrogen and oxygen atoms in total. The van der Waals surface area contributed by atoms with E-state index in [0.29, 0.717) is 6.61 Å². The zero-order valence-electron chi connectivity index (χ0n) is 4.72. The van der Waals surface area contributed by atoms with E-state index in [0.717, 1.165) is 5.57 Å². The third kappa shape index (κ3) is 1.06. The van der Waals surface area contributed by atoms with Crippen LogP contribution in [0.3, 0.4) is 0 Å². The summed E-state index contributed by atoms with van der Waals surface area (Å²) in [4.78, 5) is 9.03. The monoisotopic (exact) mass is 116 g/mol. The fourth-order valence-corrected chi connectivity index (χ4v) is 0.417. The van der Waals surface area contributed by atoms with Crippen LogP contribution < -0.4 is 0 Å². The molecule has 0 aromatic rings. The predicted octanol–water partition coefficient (Wildman–Crippen LogP) is 0.825. The zero-order valence-corrected chi connectivity index (χ0v) is 4.72. The molecule has 0 radical (unpaired) electrons. The van der Waals surface area contributed by atoms with Gasteiger partial charge >= 0.3 is 0 Å². The molecule has 1 rings (SSSR count). The third-order valence-electron chi connectivity index (χ3n) is 0.973. The third-order valence-corrected chi connectivity index (χ3v) is 0.973. The maximum absolute atomic E-state index is 4.59. The van der Waals surface area contributed by atoms with Crippen LogP contribution in [0.15, 0.2) is 12.2 Å². The Labute approximate surface area is 47.7 Å². The summed E-state index contributed by atoms with van der Waals surface area (Å²) < 4.78 is 0. The van der Waals surface area contributed by atoms with Crippen molar-refractivity contribution in [2.24, 2.45) is 0 Å². The average Bonchev–Trinajstić information content (AvgIpc) is 2.12. The summed E-state index contributed by atoms with van der Waals surface area (Å²) in [6.45, 7) is 5.97. The van der Waals surface area contributed by atoms with Crippen LogP contribution in [-0.4, -0.2) is 12.7 Å². The lowest BCUT2D eigenvalue weighted by Gasteiger charge is -1.99. The van der Waals surface area contributed by atoms with Crippen LogP contribution in [0.2, 0.25) is 0 Å². The highest BCUT2D eigenvalue weighted by Crippen LogP contribution is 2.10. The van der Waals surface area contributed by atoms with Crippen molar-refractivity contribution in [3.63, 3.8) is 0 Å². The Kier molecular flexibility index (Phi) is 1.62. The second-order valence-electron chi connectivity index (χ2n) is 1.78. The van der Waals surface area contributed by atoms with Crippen LogP contribution in [0.4, 0.5) is 0 Å². The molecule has 1 aliphatic heterocycles. The summed E-state index contributed by atoms with van der Waals surface area (Å²) in [5.74, 6) is 0. The van der Waals surface area contributed by atoms with Crippen molar-refractivity contribution in [2.75, 3.05) is 6.61 Å². The summed E-state index contributed by atoms with van der Waals surface area (Å²) in [5.41, 5.74) is 0.919. The molecule has 0 bridgehead atoms. The van der Waals surface area contributed by atoms with Gasteiger partial charge in [0.15, 0.2) is 0 Å². The summed E-state index contributed by atoms with van der Waals surface area (Å²) in [6.07, 6.45) is -0.0741. The van der Waals surface area contributed by atoms with E-state index in [-0.39, 0.29) is 6.10 Å². The molecule has 0 aliphatic carbocycles. The van der Waals surface area contributed by atoms with Crippen molar-refractivity contribution in [2.45, 2.75) is 13.0 Å². The Balaban J connectivity index is 2.35. The Morgan fingerprint density at radius 2 is 2.50 bits per heavy atom. The van der Waals surface area contributed by atoms with Gasteiger partial charge in [0.2, 0.25) is 0 Å². The van der Waals surface area contributed by atoms with E-state index < -0.39 is 0 Å². The summed E-state index contributed by atoms with van der Waals surface area (Å²) in [5, 5.41) is 4.16. The largest absolute Gasteiger partial charge is 0.203 e. The van der Waals surface area contributed by atoms with Crippen molar-refractivity contribution in [3.05, 3.63) is 12.2 Å². The minimum atomic E-state index is -0.0741. The quantitative estimate of drug-likeness (QED) is 0.375. The van der Waals surface area contributed by atoms with Gasteiger partial charge in [-0.25, -0.2) is 4.89 Å². The molecule has 0 aromatic carbocycles. The van der Waals surface area contributed by atoms with Gasteiger partial charge in [0.05, 0.1) is 0 Å². The second-order valence-corrected chi connectivity index (χ2v) is 1.78. The van der Waals surface area contributed by atoms with Crippen molar-refractivity contribution < 1.29 is 14.8 Å². The molecule has 0 amide bonds. The van der Waals surface area contributed by atoms with Gasteiger partial charge in [-0.05, 0) is 12.5 Å². The van der Waals surface area contributed by atoms with Gasteiger partial charge in [-0.15, -0.1) is 0 Å². The van der Waals surface area contributed by atoms with Gasteiger partial charge in [0, 0.05) is 0 Å². The predicted molar refractivity (Wildman–Crippen MR) is 26.7 cm³/mol. The SMILES string of the molecule is C=C(C)[C@@H]1COOO1. The van der Waals surface area contributed by atoms with Crippen molar-refractivity contribution in [1.82, 2.24) is 0 Å². The lowest BCUT2D eigenvalue weighted by atomic mass is 10.2. The lowest BCUT2D eigenvalue weighted by Crippen LogP contribution is -2.08. The Hall–Kier alpha value is -0.380. The molecule has 3 heteroatoms. The molecule has 0 unspecified atom stereocenters. The Morgan fingerprint density at radius 3 is 2.75 bits per heavy atom. The molecule has 0 spiro atoms. The lowest BCUT2D eigenvalue weighted by molar-refractivity contribution is -0.458. The Morgan fingerprint density at radius 1 is 1.75 bits per heavy atom. The molecule has 1 fully saturated rings. The van der Waals surface area contributed by atoms with Crippen LogP contribution in [0.25, 0.3) is 0 Å². The maximum atomic E-state index is 4.59. The molecule has 0 aromatic heterocycles. The van der Waals surface area contributed by atoms with E-state index in [1.165, 1.54) is 0 Å². The average molecular weight is 116 g/mol. The van der Waals surface area contributed by atoms with E-state index in [1.807, 2.05) is 6.92 Å². The van der Waals surface area contributed by atoms with E-state index in [2.05, 4.69) is 21.4 Å². The first-order chi connectivity index (χ1) is 3.80. The molecule has 0 saturated carbocycles. The van der Waals surface area contributed by atoms with Gasteiger partial charge in [-0.2, -0.15) is 4.89 Å². The summed E-state index contributed by atoms with van der Waals surface area (Å²) in [7, 11) is 0. The summed E-state index contributed by atoms with van der Waals surface area (Å²) >= 11 is 0. The van der Waals surface area contributed by atoms with Gasteiger partial charge in [0.1, 0.15) is 12.7 Å². The molecule has 1 heterocycles. The molecule has 0 N–H and O–H groups in total. The molecule has 1 atom stereocenters. The first-order valence-corrected chi connectivity index (χ1v) is 2.41. The highest BCUT2D eigenvalue weighted by Gasteiger charge is 2.18. The van der Waals surface area contributed by atoms with Gasteiger partial charge in [0.25, 0.3) is 0 Å². The summed E-state index contributed by atoms with van der Waals surface area (Å²) in [6, 6.07) is 0. The number of rotatable bonds is 1. The molecule has 1 saturated heterocycles. The molecular formula is C5H8O3. The minimum absolute atomic E-state index is 0.0741. The molecule has 8 heavy (non-hydrogen) atoms. The molecular weight excluding hydrogens is 108 g/mol. The first kappa shape index (κ1) is 5.75. The number of hydrogen-bond acceptors (Lipinski definition) is 3. The van der Waals surface area contributed by atoms with E-state index >= 15 is 0 Å². The highest BCUT2D eigenvalue weighted by atomic mass is 17.5. The zero-order chi connectivity index (χ0) is 5.98. The highest BCUT2D eigenvalue weighted by molar-refractivity contribution is 4.97. The smallest absolute Gasteiger partial charge is 0.143 e. The molecule has 46 valence electrons. The van der Waals surface area contributed by atoms with Crippen LogP contribution >= 0.6 is 0 Å². The van der Waals surface area contributed by atoms with E-state index in [9.17, 15) is 0 Å². The van der Waals surface area contributed by atoms with Gasteiger partial charge < -0.3 is 0 Å². The van der Waals surface area contributed by atoms with Crippen LogP contribution in [-0.2, 0) is 14.8 Å². The Bertz CT molecular complexity index is 93.8. The minimum Gasteiger partial charge on any atom is -0.203 e. The van der Waals surface area contributed by atoms with Crippen molar-refractivity contribution in [1.29, 1.82) is 0 Å². The van der Waals surface area contributed by atoms with Crippen LogP contribution in [0.1, 0.15) is 6.92 Å². The molecule has 1 aliphatic rings. The van der Waals surface area contributed by atoms with Crippen molar-refractivity contribution >= 4 is 0 Å². The van der Waals surface area contributed by atoms with E-state index in [1.54, 1.807) is 0 Å².